The molecule has 20 atom stereocenters. The van der Waals surface area contributed by atoms with Gasteiger partial charge in [0.05, 0.1) is 26.4 Å². The van der Waals surface area contributed by atoms with E-state index in [9.17, 15) is 71.6 Å². The van der Waals surface area contributed by atoms with Crippen molar-refractivity contribution in [2.75, 3.05) is 40.2 Å². The lowest BCUT2D eigenvalue weighted by atomic mass is 9.95. The SMILES string of the molecule is C[N+]([O-])=NCO[C@H]1O[C@H](CO)[C@@H](O)[C@H](O[C@@H]2O[C@H](CO)[C@@H](O)[C@@H](O[C@@H]3O[C@H](CO)[C@@H](O)[C@@H](O[C@@H]4O[C@H](CO)[C@@H](O)[C@@H](O)[C@H]4O)[C@H]3O)[C@H]2O)[C@H]1O. The number of hydrogen-bond acceptors (Lipinski definition) is 23. The van der Waals surface area contributed by atoms with Gasteiger partial charge in [-0.2, -0.15) is 0 Å². The van der Waals surface area contributed by atoms with Crippen LogP contribution in [0.3, 0.4) is 0 Å². The van der Waals surface area contributed by atoms with Crippen molar-refractivity contribution in [1.82, 2.24) is 0 Å². The number of hydrogen-bond donors (Lipinski definition) is 13. The highest BCUT2D eigenvalue weighted by atomic mass is 16.8. The molecule has 0 aromatic carbocycles. The third-order valence-corrected chi connectivity index (χ3v) is 8.68. The first-order chi connectivity index (χ1) is 23.7. The van der Waals surface area contributed by atoms with E-state index in [0.29, 0.717) is 0 Å². The Hall–Kier alpha value is -1.44. The lowest BCUT2D eigenvalue weighted by molar-refractivity contribution is -0.505. The summed E-state index contributed by atoms with van der Waals surface area (Å²) in [5.74, 6) is 0. The van der Waals surface area contributed by atoms with E-state index >= 15 is 0 Å². The molecule has 13 N–H and O–H groups in total. The van der Waals surface area contributed by atoms with Crippen LogP contribution < -0.4 is 0 Å². The fraction of sp³-hybridized carbons (Fsp3) is 1.00. The van der Waals surface area contributed by atoms with Crippen LogP contribution in [-0.4, -0.2) is 234 Å². The minimum atomic E-state index is -2.08. The van der Waals surface area contributed by atoms with Crippen molar-refractivity contribution in [1.29, 1.82) is 0 Å². The topological polar surface area (TPSA) is 375 Å². The van der Waals surface area contributed by atoms with E-state index in [1.807, 2.05) is 0 Å². The molecule has 24 heteroatoms. The van der Waals surface area contributed by atoms with Crippen molar-refractivity contribution in [2.45, 2.75) is 123 Å². The lowest BCUT2D eigenvalue weighted by Crippen LogP contribution is -2.67. The first-order valence-corrected chi connectivity index (χ1v) is 15.5. The molecule has 4 rings (SSSR count). The Kier molecular flexibility index (Phi) is 14.9. The van der Waals surface area contributed by atoms with E-state index < -0.39 is 156 Å². The summed E-state index contributed by atoms with van der Waals surface area (Å²) in [7, 11) is 1.05. The molecule has 4 heterocycles. The molecule has 4 aliphatic rings. The van der Waals surface area contributed by atoms with Crippen LogP contribution in [-0.2, 0) is 37.9 Å². The van der Waals surface area contributed by atoms with Gasteiger partial charge in [-0.3, -0.25) is 0 Å². The Morgan fingerprint density at radius 1 is 0.480 bits per heavy atom. The predicted octanol–water partition coefficient (Wildman–Crippen LogP) is -9.17. The summed E-state index contributed by atoms with van der Waals surface area (Å²) < 4.78 is 43.5. The molecule has 4 aliphatic heterocycles. The summed E-state index contributed by atoms with van der Waals surface area (Å²) in [4.78, 5) is 0.161. The van der Waals surface area contributed by atoms with E-state index in [0.717, 1.165) is 7.05 Å². The van der Waals surface area contributed by atoms with Gasteiger partial charge in [-0.15, -0.1) is 0 Å². The highest BCUT2D eigenvalue weighted by Crippen LogP contribution is 2.34. The highest BCUT2D eigenvalue weighted by molar-refractivity contribution is 4.98. The maximum absolute atomic E-state index is 11.2. The Balaban J connectivity index is 1.53. The third kappa shape index (κ3) is 8.84. The molecule has 0 aromatic rings. The standard InChI is InChI=1S/C26H46N2O22/c1-28(42)27-6-43-23-17(39)20(12(34)8(3-30)44-23)49-25-19(41)22(14(36)10(5-32)46-25)50-26-18(40)21(13(35)9(4-31)47-26)48-24-16(38)15(37)11(33)7(2-29)45-24/h7-26,29-41H,2-6H2,1H3/t7-,8-,9-,10-,11-,12-,13-,14-,15-,16-,17-,18-,19-,20+,21-,22-,23+,24+,25+,26+/m1/s1. The van der Waals surface area contributed by atoms with Crippen molar-refractivity contribution in [2.24, 2.45) is 5.11 Å². The molecule has 24 nitrogen and oxygen atoms in total. The van der Waals surface area contributed by atoms with Gasteiger partial charge in [-0.05, 0) is 5.11 Å². The molecule has 4 fully saturated rings. The van der Waals surface area contributed by atoms with Crippen molar-refractivity contribution in [3.63, 3.8) is 0 Å². The maximum atomic E-state index is 11.2. The van der Waals surface area contributed by atoms with Gasteiger partial charge in [-0.1, -0.05) is 4.86 Å². The van der Waals surface area contributed by atoms with E-state index in [4.69, 9.17) is 37.9 Å². The van der Waals surface area contributed by atoms with Crippen LogP contribution in [0.25, 0.3) is 0 Å². The van der Waals surface area contributed by atoms with E-state index in [1.165, 1.54) is 0 Å². The Morgan fingerprint density at radius 2 is 0.800 bits per heavy atom. The van der Waals surface area contributed by atoms with Gasteiger partial charge in [0.15, 0.2) is 32.2 Å². The summed E-state index contributed by atoms with van der Waals surface area (Å²) in [6.45, 7) is -4.09. The second kappa shape index (κ2) is 18.1. The molecule has 50 heavy (non-hydrogen) atoms. The number of aliphatic hydroxyl groups is 13. The Labute approximate surface area is 282 Å². The summed E-state index contributed by atoms with van der Waals surface area (Å²) >= 11 is 0. The third-order valence-electron chi connectivity index (χ3n) is 8.68. The van der Waals surface area contributed by atoms with Gasteiger partial charge in [0, 0.05) is 0 Å². The fourth-order valence-corrected chi connectivity index (χ4v) is 5.84. The summed E-state index contributed by atoms with van der Waals surface area (Å²) in [5.41, 5.74) is 0. The van der Waals surface area contributed by atoms with Crippen molar-refractivity contribution in [3.05, 3.63) is 5.21 Å². The molecule has 0 radical (unpaired) electrons. The smallest absolute Gasteiger partial charge is 0.203 e. The second-order valence-corrected chi connectivity index (χ2v) is 12.0. The maximum Gasteiger partial charge on any atom is 0.203 e. The van der Waals surface area contributed by atoms with Crippen LogP contribution in [0, 0.1) is 5.21 Å². The van der Waals surface area contributed by atoms with Crippen LogP contribution in [0.2, 0.25) is 0 Å². The molecule has 0 bridgehead atoms. The first kappa shape index (κ1) is 41.3. The zero-order valence-corrected chi connectivity index (χ0v) is 26.5. The van der Waals surface area contributed by atoms with Gasteiger partial charge < -0.3 is 109 Å². The molecule has 0 aromatic heterocycles. The predicted molar refractivity (Wildman–Crippen MR) is 150 cm³/mol. The van der Waals surface area contributed by atoms with E-state index in [1.54, 1.807) is 0 Å². The number of azo groups is 1. The van der Waals surface area contributed by atoms with Gasteiger partial charge in [-0.25, -0.2) is 0 Å². The normalized spacial score (nSPS) is 49.2. The van der Waals surface area contributed by atoms with Crippen LogP contribution >= 0.6 is 0 Å². The van der Waals surface area contributed by atoms with Crippen molar-refractivity contribution in [3.8, 4) is 0 Å². The molecule has 0 spiro atoms. The average molecular weight is 739 g/mol. The van der Waals surface area contributed by atoms with Crippen molar-refractivity contribution >= 4 is 0 Å². The number of ether oxygens (including phenoxy) is 8. The second-order valence-electron chi connectivity index (χ2n) is 12.0. The fourth-order valence-electron chi connectivity index (χ4n) is 5.84. The van der Waals surface area contributed by atoms with Crippen LogP contribution in [0.1, 0.15) is 0 Å². The molecular weight excluding hydrogens is 692 g/mol. The molecule has 292 valence electrons. The number of aliphatic hydroxyl groups excluding tert-OH is 13. The van der Waals surface area contributed by atoms with E-state index in [-0.39, 0.29) is 4.86 Å². The summed E-state index contributed by atoms with van der Waals surface area (Å²) in [5, 5.41) is 150. The minimum Gasteiger partial charge on any atom is -0.600 e. The van der Waals surface area contributed by atoms with E-state index in [2.05, 4.69) is 5.11 Å². The van der Waals surface area contributed by atoms with Crippen LogP contribution in [0.15, 0.2) is 5.11 Å². The molecule has 0 unspecified atom stereocenters. The molecule has 0 aliphatic carbocycles. The van der Waals surface area contributed by atoms with Crippen LogP contribution in [0.5, 0.6) is 0 Å². The Bertz CT molecular complexity index is 1070. The highest BCUT2D eigenvalue weighted by Gasteiger charge is 2.55. The largest absolute Gasteiger partial charge is 0.600 e. The summed E-state index contributed by atoms with van der Waals surface area (Å²) in [6, 6.07) is 0. The summed E-state index contributed by atoms with van der Waals surface area (Å²) in [6.07, 6.45) is -36.1. The van der Waals surface area contributed by atoms with Gasteiger partial charge in [0.1, 0.15) is 97.7 Å². The van der Waals surface area contributed by atoms with Crippen molar-refractivity contribution < 1.29 is 109 Å². The van der Waals surface area contributed by atoms with Gasteiger partial charge in [0.2, 0.25) is 6.73 Å². The Morgan fingerprint density at radius 3 is 1.16 bits per heavy atom. The molecular formula is C26H46N2O22. The average Bonchev–Trinajstić information content (AvgIpc) is 3.09. The molecule has 0 saturated carbocycles. The zero-order valence-electron chi connectivity index (χ0n) is 26.5. The number of nitrogens with zero attached hydrogens (tertiary/aromatic N) is 2. The van der Waals surface area contributed by atoms with Crippen LogP contribution in [0.4, 0.5) is 0 Å². The minimum absolute atomic E-state index is 0.161. The molecule has 0 amide bonds. The van der Waals surface area contributed by atoms with Gasteiger partial charge in [0.25, 0.3) is 0 Å². The quantitative estimate of drug-likeness (QED) is 0.0474. The number of hydroxylamine groups is 1. The lowest BCUT2D eigenvalue weighted by Gasteiger charge is -2.49. The van der Waals surface area contributed by atoms with Gasteiger partial charge >= 0.3 is 0 Å². The number of rotatable bonds is 13. The first-order valence-electron chi connectivity index (χ1n) is 15.5. The monoisotopic (exact) mass is 738 g/mol. The zero-order chi connectivity index (χ0) is 37.0. The molecule has 4 saturated heterocycles.